The van der Waals surface area contributed by atoms with E-state index in [1.807, 2.05) is 18.5 Å². The minimum Gasteiger partial charge on any atom is -0.355 e. The molecule has 0 amide bonds. The molecule has 2 heteroatoms. The van der Waals surface area contributed by atoms with Crippen LogP contribution in [0.15, 0.2) is 36.7 Å². The maximum Gasteiger partial charge on any atom is 0.0447 e. The normalized spacial score (nSPS) is 13.3. The van der Waals surface area contributed by atoms with Crippen LogP contribution in [0.1, 0.15) is 16.7 Å². The monoisotopic (exact) mass is 210 g/mol. The van der Waals surface area contributed by atoms with Crippen molar-refractivity contribution in [3.05, 3.63) is 53.3 Å². The van der Waals surface area contributed by atoms with E-state index < -0.39 is 0 Å². The van der Waals surface area contributed by atoms with Gasteiger partial charge in [-0.05, 0) is 48.6 Å². The van der Waals surface area contributed by atoms with E-state index >= 15 is 0 Å². The zero-order chi connectivity index (χ0) is 11.0. The molecule has 1 N–H and O–H groups in total. The summed E-state index contributed by atoms with van der Waals surface area (Å²) in [5.41, 5.74) is 6.42. The molecule has 2 heterocycles. The molecule has 80 valence electrons. The molecule has 0 aliphatic carbocycles. The van der Waals surface area contributed by atoms with Crippen molar-refractivity contribution in [3.63, 3.8) is 0 Å². The van der Waals surface area contributed by atoms with Gasteiger partial charge in [-0.2, -0.15) is 0 Å². The quantitative estimate of drug-likeness (QED) is 0.722. The third kappa shape index (κ3) is 1.56. The van der Waals surface area contributed by atoms with Crippen LogP contribution in [0, 0.1) is 6.92 Å². The first-order valence-corrected chi connectivity index (χ1v) is 5.62. The van der Waals surface area contributed by atoms with Gasteiger partial charge in [0, 0.05) is 23.8 Å². The molecule has 2 nitrogen and oxygen atoms in total. The number of pyridine rings is 1. The topological polar surface area (TPSA) is 24.9 Å². The van der Waals surface area contributed by atoms with E-state index in [2.05, 4.69) is 35.4 Å². The third-order valence-electron chi connectivity index (χ3n) is 3.10. The van der Waals surface area contributed by atoms with Crippen molar-refractivity contribution in [3.8, 4) is 0 Å². The van der Waals surface area contributed by atoms with E-state index in [-0.39, 0.29) is 0 Å². The summed E-state index contributed by atoms with van der Waals surface area (Å²) in [7, 11) is 0. The van der Waals surface area contributed by atoms with E-state index in [1.165, 1.54) is 28.1 Å². The second-order valence-electron chi connectivity index (χ2n) is 4.32. The van der Waals surface area contributed by atoms with Crippen LogP contribution in [0.5, 0.6) is 0 Å². The van der Waals surface area contributed by atoms with Crippen molar-refractivity contribution >= 4 is 11.4 Å². The zero-order valence-corrected chi connectivity index (χ0v) is 9.33. The fourth-order valence-electron chi connectivity index (χ4n) is 2.19. The first-order valence-electron chi connectivity index (χ1n) is 5.62. The fraction of sp³-hybridized carbons (Fsp3) is 0.214. The Balaban J connectivity index is 2.10. The summed E-state index contributed by atoms with van der Waals surface area (Å²) in [4.78, 5) is 4.18. The van der Waals surface area contributed by atoms with E-state index in [0.717, 1.165) is 12.8 Å². The van der Waals surface area contributed by atoms with Gasteiger partial charge in [-0.3, -0.25) is 4.98 Å². The average Bonchev–Trinajstić information content (AvgIpc) is 2.47. The summed E-state index contributed by atoms with van der Waals surface area (Å²) in [6.45, 7) is 2.13. The molecule has 1 aromatic heterocycles. The molecule has 2 aromatic rings. The molecule has 1 aliphatic rings. The van der Waals surface area contributed by atoms with Gasteiger partial charge in [0.2, 0.25) is 0 Å². The molecule has 0 saturated heterocycles. The minimum absolute atomic E-state index is 1.06. The van der Waals surface area contributed by atoms with Crippen LogP contribution in [-0.4, -0.2) is 4.98 Å². The lowest BCUT2D eigenvalue weighted by atomic mass is 10.0. The lowest BCUT2D eigenvalue weighted by Crippen LogP contribution is -1.94. The van der Waals surface area contributed by atoms with Gasteiger partial charge >= 0.3 is 0 Å². The number of aromatic nitrogens is 1. The number of benzene rings is 1. The summed E-state index contributed by atoms with van der Waals surface area (Å²) in [5.74, 6) is 0. The highest BCUT2D eigenvalue weighted by Gasteiger charge is 2.11. The van der Waals surface area contributed by atoms with Crippen molar-refractivity contribution < 1.29 is 0 Å². The molecule has 0 atom stereocenters. The first-order chi connectivity index (χ1) is 7.83. The Bertz CT molecular complexity index is 532. The number of hydrogen-bond acceptors (Lipinski definition) is 2. The van der Waals surface area contributed by atoms with Crippen LogP contribution in [0.25, 0.3) is 0 Å². The summed E-state index contributed by atoms with van der Waals surface area (Å²) in [6, 6.07) is 8.66. The molecule has 0 unspecified atom stereocenters. The lowest BCUT2D eigenvalue weighted by molar-refractivity contribution is 0.967. The highest BCUT2D eigenvalue weighted by molar-refractivity contribution is 5.68. The Morgan fingerprint density at radius 3 is 2.88 bits per heavy atom. The van der Waals surface area contributed by atoms with Crippen molar-refractivity contribution in [2.24, 2.45) is 0 Å². The van der Waals surface area contributed by atoms with Gasteiger partial charge in [-0.1, -0.05) is 12.1 Å². The Kier molecular flexibility index (Phi) is 2.13. The van der Waals surface area contributed by atoms with Gasteiger partial charge in [0.05, 0.1) is 0 Å². The smallest absolute Gasteiger partial charge is 0.0447 e. The van der Waals surface area contributed by atoms with Crippen LogP contribution >= 0.6 is 0 Å². The van der Waals surface area contributed by atoms with Crippen molar-refractivity contribution in [1.82, 2.24) is 4.98 Å². The van der Waals surface area contributed by atoms with Gasteiger partial charge < -0.3 is 5.32 Å². The van der Waals surface area contributed by atoms with Gasteiger partial charge in [-0.25, -0.2) is 0 Å². The molecule has 0 bridgehead atoms. The Morgan fingerprint density at radius 1 is 1.06 bits per heavy atom. The number of aryl methyl sites for hydroxylation is 3. The number of nitrogens with zero attached hydrogens (tertiary/aromatic N) is 1. The molecule has 0 radical (unpaired) electrons. The van der Waals surface area contributed by atoms with Gasteiger partial charge in [0.1, 0.15) is 0 Å². The van der Waals surface area contributed by atoms with Gasteiger partial charge in [0.15, 0.2) is 0 Å². The lowest BCUT2D eigenvalue weighted by Gasteiger charge is -2.09. The number of fused-ring (bicyclic) bond motifs is 2. The Labute approximate surface area is 95.3 Å². The minimum atomic E-state index is 1.06. The molecule has 0 saturated carbocycles. The number of nitrogens with one attached hydrogen (secondary N) is 1. The fourth-order valence-corrected chi connectivity index (χ4v) is 2.19. The second kappa shape index (κ2) is 3.63. The second-order valence-corrected chi connectivity index (χ2v) is 4.32. The maximum atomic E-state index is 4.18. The van der Waals surface area contributed by atoms with Gasteiger partial charge in [0.25, 0.3) is 0 Å². The van der Waals surface area contributed by atoms with Crippen LogP contribution in [0.4, 0.5) is 11.4 Å². The van der Waals surface area contributed by atoms with E-state index in [0.29, 0.717) is 0 Å². The maximum absolute atomic E-state index is 4.18. The Morgan fingerprint density at radius 2 is 1.94 bits per heavy atom. The molecule has 1 aliphatic heterocycles. The number of anilines is 2. The summed E-state index contributed by atoms with van der Waals surface area (Å²) in [6.07, 6.45) is 5.95. The molecular formula is C14H14N2. The molecular weight excluding hydrogens is 196 g/mol. The summed E-state index contributed by atoms with van der Waals surface area (Å²) in [5, 5.41) is 3.50. The van der Waals surface area contributed by atoms with Crippen LogP contribution in [0.3, 0.4) is 0 Å². The third-order valence-corrected chi connectivity index (χ3v) is 3.10. The SMILES string of the molecule is Cc1ccc2c(c1)Nc1ccncc1CC2. The molecule has 0 fully saturated rings. The molecule has 0 spiro atoms. The van der Waals surface area contributed by atoms with Crippen molar-refractivity contribution in [2.45, 2.75) is 19.8 Å². The molecule has 3 rings (SSSR count). The summed E-state index contributed by atoms with van der Waals surface area (Å²) < 4.78 is 0. The van der Waals surface area contributed by atoms with Crippen LogP contribution in [0.2, 0.25) is 0 Å². The molecule has 16 heavy (non-hydrogen) atoms. The highest BCUT2D eigenvalue weighted by atomic mass is 14.9. The molecule has 1 aromatic carbocycles. The number of rotatable bonds is 0. The standard InChI is InChI=1S/C14H14N2/c1-10-2-3-11-4-5-12-9-15-7-6-13(12)16-14(11)8-10/h2-3,6-9,16H,4-5H2,1H3. The predicted molar refractivity (Wildman–Crippen MR) is 66.1 cm³/mol. The number of hydrogen-bond donors (Lipinski definition) is 1. The highest BCUT2D eigenvalue weighted by Crippen LogP contribution is 2.29. The Hall–Kier alpha value is -1.83. The predicted octanol–water partition coefficient (Wildman–Crippen LogP) is 3.23. The first kappa shape index (κ1) is 9.40. The summed E-state index contributed by atoms with van der Waals surface area (Å²) >= 11 is 0. The van der Waals surface area contributed by atoms with E-state index in [9.17, 15) is 0 Å². The average molecular weight is 210 g/mol. The van der Waals surface area contributed by atoms with E-state index in [1.54, 1.807) is 0 Å². The largest absolute Gasteiger partial charge is 0.355 e. The van der Waals surface area contributed by atoms with Crippen molar-refractivity contribution in [1.29, 1.82) is 0 Å². The zero-order valence-electron chi connectivity index (χ0n) is 9.33. The van der Waals surface area contributed by atoms with Crippen LogP contribution in [-0.2, 0) is 12.8 Å². The van der Waals surface area contributed by atoms with E-state index in [4.69, 9.17) is 0 Å². The van der Waals surface area contributed by atoms with Crippen molar-refractivity contribution in [2.75, 3.05) is 5.32 Å². The van der Waals surface area contributed by atoms with Crippen LogP contribution < -0.4 is 5.32 Å². The van der Waals surface area contributed by atoms with Gasteiger partial charge in [-0.15, -0.1) is 0 Å².